The monoisotopic (exact) mass is 219 g/mol. The van der Waals surface area contributed by atoms with Crippen molar-refractivity contribution >= 4 is 0 Å². The van der Waals surface area contributed by atoms with E-state index in [2.05, 4.69) is 23.6 Å². The molecular formula is C13H17NO2. The second-order valence-electron chi connectivity index (χ2n) is 4.04. The van der Waals surface area contributed by atoms with Crippen molar-refractivity contribution in [2.45, 2.75) is 18.4 Å². The smallest absolute Gasteiger partial charge is 0.173 e. The van der Waals surface area contributed by atoms with E-state index in [-0.39, 0.29) is 12.1 Å². The molecule has 1 aromatic rings. The highest BCUT2D eigenvalue weighted by Gasteiger charge is 2.33. The topological polar surface area (TPSA) is 32.7 Å². The van der Waals surface area contributed by atoms with Crippen molar-refractivity contribution in [3.8, 4) is 0 Å². The summed E-state index contributed by atoms with van der Waals surface area (Å²) in [6, 6.07) is 10.2. The lowest BCUT2D eigenvalue weighted by molar-refractivity contribution is -0.182. The van der Waals surface area contributed by atoms with Gasteiger partial charge in [0.25, 0.3) is 0 Å². The zero-order valence-electron chi connectivity index (χ0n) is 9.41. The molecule has 2 rings (SSSR count). The van der Waals surface area contributed by atoms with Crippen LogP contribution in [0.1, 0.15) is 11.6 Å². The van der Waals surface area contributed by atoms with Crippen LogP contribution in [-0.4, -0.2) is 36.0 Å². The standard InChI is InChI=1S/C13H17NO2/c1-3-11-13(15)16-9-12(14(11)2)10-7-5-4-6-8-10/h3-8,11-13,15H,1,9H2,2H3/t11-,12+,13?/m1/s1. The highest BCUT2D eigenvalue weighted by atomic mass is 16.6. The molecular weight excluding hydrogens is 202 g/mol. The molecule has 1 fully saturated rings. The zero-order chi connectivity index (χ0) is 11.5. The SMILES string of the molecule is C=C[C@@H]1C(O)OC[C@@H](c2ccccc2)N1C. The Morgan fingerprint density at radius 2 is 2.12 bits per heavy atom. The van der Waals surface area contributed by atoms with Gasteiger partial charge in [0, 0.05) is 0 Å². The molecule has 86 valence electrons. The maximum Gasteiger partial charge on any atom is 0.173 e. The normalized spacial score (nSPS) is 31.2. The van der Waals surface area contributed by atoms with Gasteiger partial charge in [0.2, 0.25) is 0 Å². The third-order valence-electron chi connectivity index (χ3n) is 3.10. The Balaban J connectivity index is 2.21. The van der Waals surface area contributed by atoms with E-state index >= 15 is 0 Å². The zero-order valence-corrected chi connectivity index (χ0v) is 9.41. The summed E-state index contributed by atoms with van der Waals surface area (Å²) in [6.07, 6.45) is 0.946. The Bertz CT molecular complexity index is 352. The molecule has 0 bridgehead atoms. The molecule has 3 heteroatoms. The fraction of sp³-hybridized carbons (Fsp3) is 0.385. The van der Waals surface area contributed by atoms with Gasteiger partial charge in [-0.1, -0.05) is 36.4 Å². The first kappa shape index (κ1) is 11.3. The summed E-state index contributed by atoms with van der Waals surface area (Å²) in [5, 5.41) is 9.67. The van der Waals surface area contributed by atoms with Gasteiger partial charge >= 0.3 is 0 Å². The molecule has 1 aromatic carbocycles. The van der Waals surface area contributed by atoms with E-state index in [1.54, 1.807) is 6.08 Å². The predicted molar refractivity (Wildman–Crippen MR) is 62.9 cm³/mol. The molecule has 1 aliphatic heterocycles. The van der Waals surface area contributed by atoms with Gasteiger partial charge < -0.3 is 9.84 Å². The van der Waals surface area contributed by atoms with Crippen molar-refractivity contribution in [2.24, 2.45) is 0 Å². The van der Waals surface area contributed by atoms with Crippen molar-refractivity contribution in [2.75, 3.05) is 13.7 Å². The Hall–Kier alpha value is -1.16. The summed E-state index contributed by atoms with van der Waals surface area (Å²) in [6.45, 7) is 4.24. The van der Waals surface area contributed by atoms with Gasteiger partial charge in [0.1, 0.15) is 0 Å². The first-order valence-corrected chi connectivity index (χ1v) is 5.43. The number of benzene rings is 1. The molecule has 1 aliphatic rings. The number of aliphatic hydroxyl groups excluding tert-OH is 1. The number of morpholine rings is 1. The van der Waals surface area contributed by atoms with E-state index in [9.17, 15) is 5.11 Å². The molecule has 1 saturated heterocycles. The minimum Gasteiger partial charge on any atom is -0.366 e. The van der Waals surface area contributed by atoms with Crippen LogP contribution in [0, 0.1) is 0 Å². The van der Waals surface area contributed by atoms with Crippen LogP contribution in [-0.2, 0) is 4.74 Å². The highest BCUT2D eigenvalue weighted by Crippen LogP contribution is 2.28. The summed E-state index contributed by atoms with van der Waals surface area (Å²) in [7, 11) is 1.98. The molecule has 1 heterocycles. The van der Waals surface area contributed by atoms with E-state index < -0.39 is 6.29 Å². The summed E-state index contributed by atoms with van der Waals surface area (Å²) < 4.78 is 5.36. The molecule has 0 spiro atoms. The molecule has 0 aromatic heterocycles. The fourth-order valence-corrected chi connectivity index (χ4v) is 2.10. The molecule has 1 N–H and O–H groups in total. The number of ether oxygens (including phenoxy) is 1. The van der Waals surface area contributed by atoms with E-state index in [0.717, 1.165) is 0 Å². The van der Waals surface area contributed by atoms with E-state index in [4.69, 9.17) is 4.74 Å². The Morgan fingerprint density at radius 1 is 1.44 bits per heavy atom. The molecule has 16 heavy (non-hydrogen) atoms. The number of likely N-dealkylation sites (N-methyl/N-ethyl adjacent to an activating group) is 1. The number of hydrogen-bond acceptors (Lipinski definition) is 3. The Kier molecular flexibility index (Phi) is 3.39. The van der Waals surface area contributed by atoms with Crippen molar-refractivity contribution in [3.05, 3.63) is 48.6 Å². The summed E-state index contributed by atoms with van der Waals surface area (Å²) in [5.41, 5.74) is 1.20. The highest BCUT2D eigenvalue weighted by molar-refractivity contribution is 5.20. The van der Waals surface area contributed by atoms with Crippen LogP contribution in [0.3, 0.4) is 0 Å². The van der Waals surface area contributed by atoms with Crippen molar-refractivity contribution < 1.29 is 9.84 Å². The first-order valence-electron chi connectivity index (χ1n) is 5.43. The van der Waals surface area contributed by atoms with Gasteiger partial charge in [-0.05, 0) is 12.6 Å². The lowest BCUT2D eigenvalue weighted by Gasteiger charge is -2.41. The van der Waals surface area contributed by atoms with E-state index in [0.29, 0.717) is 6.61 Å². The average Bonchev–Trinajstić information content (AvgIpc) is 2.31. The number of aliphatic hydroxyl groups is 1. The van der Waals surface area contributed by atoms with Crippen LogP contribution in [0.4, 0.5) is 0 Å². The molecule has 1 unspecified atom stereocenters. The largest absolute Gasteiger partial charge is 0.366 e. The van der Waals surface area contributed by atoms with E-state index in [1.165, 1.54) is 5.56 Å². The lowest BCUT2D eigenvalue weighted by atomic mass is 10.0. The second-order valence-corrected chi connectivity index (χ2v) is 4.04. The minimum absolute atomic E-state index is 0.154. The van der Waals surface area contributed by atoms with E-state index in [1.807, 2.05) is 25.2 Å². The van der Waals surface area contributed by atoms with Gasteiger partial charge in [-0.2, -0.15) is 0 Å². The van der Waals surface area contributed by atoms with Gasteiger partial charge in [-0.25, -0.2) is 0 Å². The number of hydrogen-bond donors (Lipinski definition) is 1. The molecule has 0 aliphatic carbocycles. The maximum atomic E-state index is 9.67. The Labute approximate surface area is 96.0 Å². The summed E-state index contributed by atoms with van der Waals surface area (Å²) in [5.74, 6) is 0. The third-order valence-corrected chi connectivity index (χ3v) is 3.10. The van der Waals surface area contributed by atoms with Crippen LogP contribution in [0.2, 0.25) is 0 Å². The van der Waals surface area contributed by atoms with Crippen LogP contribution < -0.4 is 0 Å². The third kappa shape index (κ3) is 2.02. The number of nitrogens with zero attached hydrogens (tertiary/aromatic N) is 1. The molecule has 0 saturated carbocycles. The Morgan fingerprint density at radius 3 is 2.75 bits per heavy atom. The van der Waals surface area contributed by atoms with Gasteiger partial charge in [0.05, 0.1) is 18.7 Å². The summed E-state index contributed by atoms with van der Waals surface area (Å²) in [4.78, 5) is 2.09. The molecule has 3 nitrogen and oxygen atoms in total. The van der Waals surface area contributed by atoms with Crippen molar-refractivity contribution in [1.82, 2.24) is 4.90 Å². The van der Waals surface area contributed by atoms with Crippen molar-refractivity contribution in [1.29, 1.82) is 0 Å². The van der Waals surface area contributed by atoms with Crippen LogP contribution in [0.5, 0.6) is 0 Å². The molecule has 0 amide bonds. The van der Waals surface area contributed by atoms with Crippen LogP contribution in [0.25, 0.3) is 0 Å². The van der Waals surface area contributed by atoms with Crippen LogP contribution >= 0.6 is 0 Å². The van der Waals surface area contributed by atoms with Crippen molar-refractivity contribution in [3.63, 3.8) is 0 Å². The average molecular weight is 219 g/mol. The predicted octanol–water partition coefficient (Wildman–Crippen LogP) is 1.56. The van der Waals surface area contributed by atoms with Gasteiger partial charge in [0.15, 0.2) is 6.29 Å². The van der Waals surface area contributed by atoms with Gasteiger partial charge in [-0.15, -0.1) is 6.58 Å². The minimum atomic E-state index is -0.775. The fourth-order valence-electron chi connectivity index (χ4n) is 2.10. The second kappa shape index (κ2) is 4.78. The first-order chi connectivity index (χ1) is 7.74. The molecule has 0 radical (unpaired) electrons. The van der Waals surface area contributed by atoms with Crippen LogP contribution in [0.15, 0.2) is 43.0 Å². The summed E-state index contributed by atoms with van der Waals surface area (Å²) >= 11 is 0. The molecule has 3 atom stereocenters. The maximum absolute atomic E-state index is 9.67. The lowest BCUT2D eigenvalue weighted by Crippen LogP contribution is -2.49. The quantitative estimate of drug-likeness (QED) is 0.766. The number of rotatable bonds is 2. The van der Waals surface area contributed by atoms with Gasteiger partial charge in [-0.3, -0.25) is 4.90 Å².